The monoisotopic (exact) mass is 341 g/mol. The van der Waals surface area contributed by atoms with E-state index in [2.05, 4.69) is 27.4 Å². The fourth-order valence-electron chi connectivity index (χ4n) is 8.30. The first-order valence-electron chi connectivity index (χ1n) is 11.1. The Labute approximate surface area is 155 Å². The summed E-state index contributed by atoms with van der Waals surface area (Å²) in [6, 6.07) is 0. The van der Waals surface area contributed by atoms with E-state index in [0.717, 1.165) is 36.1 Å². The Balaban J connectivity index is 1.58. The summed E-state index contributed by atoms with van der Waals surface area (Å²) in [7, 11) is 0. The SMILES string of the molecule is C=CC/N=C(\C)C1CCC2C3CCC4CCCCC4(C)C3CCC12C. The lowest BCUT2D eigenvalue weighted by Crippen LogP contribution is -2.53. The average Bonchev–Trinajstić information content (AvgIpc) is 2.96. The highest BCUT2D eigenvalue weighted by Gasteiger charge is 2.59. The third-order valence-corrected chi connectivity index (χ3v) is 9.56. The molecule has 4 aliphatic carbocycles. The van der Waals surface area contributed by atoms with Gasteiger partial charge in [-0.25, -0.2) is 0 Å². The minimum atomic E-state index is 0.522. The molecule has 4 saturated carbocycles. The molecule has 1 nitrogen and oxygen atoms in total. The minimum Gasteiger partial charge on any atom is -0.290 e. The van der Waals surface area contributed by atoms with Gasteiger partial charge in [-0.1, -0.05) is 32.8 Å². The van der Waals surface area contributed by atoms with Gasteiger partial charge in [0.05, 0.1) is 6.54 Å². The van der Waals surface area contributed by atoms with Crippen molar-refractivity contribution in [1.29, 1.82) is 0 Å². The van der Waals surface area contributed by atoms with Gasteiger partial charge < -0.3 is 0 Å². The smallest absolute Gasteiger partial charge is 0.0567 e. The Kier molecular flexibility index (Phi) is 4.66. The molecule has 0 amide bonds. The molecule has 0 N–H and O–H groups in total. The Morgan fingerprint density at radius 2 is 1.76 bits per heavy atom. The van der Waals surface area contributed by atoms with Gasteiger partial charge in [-0.15, -0.1) is 6.58 Å². The lowest BCUT2D eigenvalue weighted by Gasteiger charge is -2.60. The zero-order chi connectivity index (χ0) is 17.7. The van der Waals surface area contributed by atoms with Crippen LogP contribution in [0.5, 0.6) is 0 Å². The van der Waals surface area contributed by atoms with Crippen LogP contribution < -0.4 is 0 Å². The van der Waals surface area contributed by atoms with Crippen molar-refractivity contribution in [2.75, 3.05) is 6.54 Å². The molecule has 0 saturated heterocycles. The Morgan fingerprint density at radius 3 is 2.56 bits per heavy atom. The second-order valence-corrected chi connectivity index (χ2v) is 10.3. The summed E-state index contributed by atoms with van der Waals surface area (Å²) in [6.07, 6.45) is 16.8. The van der Waals surface area contributed by atoms with Gasteiger partial charge >= 0.3 is 0 Å². The molecule has 1 heteroatoms. The van der Waals surface area contributed by atoms with Gasteiger partial charge in [-0.2, -0.15) is 0 Å². The summed E-state index contributed by atoms with van der Waals surface area (Å²) in [5.74, 6) is 4.77. The third-order valence-electron chi connectivity index (χ3n) is 9.56. The van der Waals surface area contributed by atoms with Gasteiger partial charge in [0.15, 0.2) is 0 Å². The summed E-state index contributed by atoms with van der Waals surface area (Å²) in [6.45, 7) is 12.3. The highest BCUT2D eigenvalue weighted by Crippen LogP contribution is 2.67. The molecule has 0 aromatic carbocycles. The molecule has 0 heterocycles. The highest BCUT2D eigenvalue weighted by molar-refractivity contribution is 5.85. The molecule has 4 aliphatic rings. The highest BCUT2D eigenvalue weighted by atomic mass is 14.8. The van der Waals surface area contributed by atoms with Crippen LogP contribution in [0.4, 0.5) is 0 Å². The molecule has 7 atom stereocenters. The van der Waals surface area contributed by atoms with E-state index in [4.69, 9.17) is 4.99 Å². The lowest BCUT2D eigenvalue weighted by molar-refractivity contribution is -0.106. The quantitative estimate of drug-likeness (QED) is 0.401. The molecule has 0 aliphatic heterocycles. The standard InChI is InChI=1S/C24H39N/c1-5-16-25-17(2)20-11-12-21-19-10-9-18-8-6-7-14-23(18,3)22(19)13-15-24(20,21)4/h5,18-22H,1,6-16H2,2-4H3/b25-17+. The van der Waals surface area contributed by atoms with E-state index in [0.29, 0.717) is 10.8 Å². The van der Waals surface area contributed by atoms with Crippen LogP contribution in [0.15, 0.2) is 17.6 Å². The third kappa shape index (κ3) is 2.67. The van der Waals surface area contributed by atoms with Crippen LogP contribution in [-0.4, -0.2) is 12.3 Å². The van der Waals surface area contributed by atoms with Crippen molar-refractivity contribution in [3.8, 4) is 0 Å². The second kappa shape index (κ2) is 6.54. The number of aliphatic imine (C=N–C) groups is 1. The van der Waals surface area contributed by atoms with Gasteiger partial charge in [-0.3, -0.25) is 4.99 Å². The van der Waals surface area contributed by atoms with Crippen LogP contribution in [0.3, 0.4) is 0 Å². The molecule has 0 radical (unpaired) electrons. The summed E-state index contributed by atoms with van der Waals surface area (Å²) in [5.41, 5.74) is 2.61. The normalized spacial score (nSPS) is 49.9. The summed E-state index contributed by atoms with van der Waals surface area (Å²) in [5, 5.41) is 0. The predicted octanol–water partition coefficient (Wildman–Crippen LogP) is 6.68. The summed E-state index contributed by atoms with van der Waals surface area (Å²) < 4.78 is 0. The van der Waals surface area contributed by atoms with Gasteiger partial charge in [0.2, 0.25) is 0 Å². The maximum atomic E-state index is 4.84. The first-order valence-corrected chi connectivity index (χ1v) is 11.1. The van der Waals surface area contributed by atoms with Crippen LogP contribution >= 0.6 is 0 Å². The molecule has 25 heavy (non-hydrogen) atoms. The number of rotatable bonds is 3. The Bertz CT molecular complexity index is 548. The molecule has 4 fully saturated rings. The van der Waals surface area contributed by atoms with E-state index in [9.17, 15) is 0 Å². The first kappa shape index (κ1) is 17.8. The first-order chi connectivity index (χ1) is 12.0. The van der Waals surface area contributed by atoms with Gasteiger partial charge in [-0.05, 0) is 92.8 Å². The van der Waals surface area contributed by atoms with Gasteiger partial charge in [0.25, 0.3) is 0 Å². The van der Waals surface area contributed by atoms with Crippen molar-refractivity contribution in [2.24, 2.45) is 45.4 Å². The van der Waals surface area contributed by atoms with Crippen LogP contribution in [0.2, 0.25) is 0 Å². The van der Waals surface area contributed by atoms with Crippen molar-refractivity contribution < 1.29 is 0 Å². The molecular formula is C24H39N. The molecule has 140 valence electrons. The second-order valence-electron chi connectivity index (χ2n) is 10.3. The fraction of sp³-hybridized carbons (Fsp3) is 0.875. The average molecular weight is 342 g/mol. The molecule has 0 spiro atoms. The van der Waals surface area contributed by atoms with Crippen molar-refractivity contribution in [3.63, 3.8) is 0 Å². The van der Waals surface area contributed by atoms with Crippen LogP contribution in [-0.2, 0) is 0 Å². The Morgan fingerprint density at radius 1 is 0.960 bits per heavy atom. The number of nitrogens with zero attached hydrogens (tertiary/aromatic N) is 1. The number of fused-ring (bicyclic) bond motifs is 5. The van der Waals surface area contributed by atoms with E-state index in [1.165, 1.54) is 69.9 Å². The molecule has 7 unspecified atom stereocenters. The van der Waals surface area contributed by atoms with Crippen molar-refractivity contribution in [1.82, 2.24) is 0 Å². The Hall–Kier alpha value is -0.590. The fourth-order valence-corrected chi connectivity index (χ4v) is 8.30. The van der Waals surface area contributed by atoms with E-state index < -0.39 is 0 Å². The summed E-state index contributed by atoms with van der Waals surface area (Å²) >= 11 is 0. The van der Waals surface area contributed by atoms with Crippen LogP contribution in [0.1, 0.15) is 85.0 Å². The van der Waals surface area contributed by atoms with Crippen molar-refractivity contribution >= 4 is 5.71 Å². The minimum absolute atomic E-state index is 0.522. The topological polar surface area (TPSA) is 12.4 Å². The van der Waals surface area contributed by atoms with E-state index in [1.54, 1.807) is 0 Å². The lowest BCUT2D eigenvalue weighted by atomic mass is 9.45. The van der Waals surface area contributed by atoms with E-state index >= 15 is 0 Å². The number of hydrogen-bond donors (Lipinski definition) is 0. The van der Waals surface area contributed by atoms with Crippen molar-refractivity contribution in [3.05, 3.63) is 12.7 Å². The van der Waals surface area contributed by atoms with Gasteiger partial charge in [0.1, 0.15) is 0 Å². The molecule has 4 rings (SSSR count). The molecule has 0 aromatic heterocycles. The maximum absolute atomic E-state index is 4.84. The van der Waals surface area contributed by atoms with Crippen LogP contribution in [0.25, 0.3) is 0 Å². The number of hydrogen-bond acceptors (Lipinski definition) is 1. The van der Waals surface area contributed by atoms with E-state index in [-0.39, 0.29) is 0 Å². The molecular weight excluding hydrogens is 302 g/mol. The predicted molar refractivity (Wildman–Crippen MR) is 108 cm³/mol. The molecule has 0 aromatic rings. The molecule has 0 bridgehead atoms. The zero-order valence-corrected chi connectivity index (χ0v) is 16.9. The van der Waals surface area contributed by atoms with Gasteiger partial charge in [0, 0.05) is 11.6 Å². The van der Waals surface area contributed by atoms with Crippen molar-refractivity contribution in [2.45, 2.75) is 85.0 Å². The van der Waals surface area contributed by atoms with E-state index in [1.807, 2.05) is 6.08 Å². The summed E-state index contributed by atoms with van der Waals surface area (Å²) in [4.78, 5) is 4.84. The zero-order valence-electron chi connectivity index (χ0n) is 16.9. The van der Waals surface area contributed by atoms with Crippen LogP contribution in [0, 0.1) is 40.4 Å². The largest absolute Gasteiger partial charge is 0.290 e. The maximum Gasteiger partial charge on any atom is 0.0567 e.